The first kappa shape index (κ1) is 23.3. The lowest BCUT2D eigenvalue weighted by atomic mass is 9.86. The van der Waals surface area contributed by atoms with Crippen LogP contribution in [0.4, 0.5) is 0 Å². The van der Waals surface area contributed by atoms with Crippen molar-refractivity contribution in [3.63, 3.8) is 0 Å². The van der Waals surface area contributed by atoms with Crippen LogP contribution in [0.1, 0.15) is 47.0 Å². The smallest absolute Gasteiger partial charge is 0.224 e. The molecule has 0 N–H and O–H groups in total. The van der Waals surface area contributed by atoms with Crippen molar-refractivity contribution in [3.05, 3.63) is 0 Å². The van der Waals surface area contributed by atoms with E-state index >= 15 is 0 Å². The third-order valence-electron chi connectivity index (χ3n) is 4.72. The zero-order valence-electron chi connectivity index (χ0n) is 17.2. The van der Waals surface area contributed by atoms with Gasteiger partial charge in [0.05, 0.1) is 58.8 Å². The summed E-state index contributed by atoms with van der Waals surface area (Å²) in [4.78, 5) is 14.2. The van der Waals surface area contributed by atoms with Crippen molar-refractivity contribution in [3.8, 4) is 0 Å². The van der Waals surface area contributed by atoms with Gasteiger partial charge in [0, 0.05) is 13.1 Å². The molecule has 154 valence electrons. The van der Waals surface area contributed by atoms with Gasteiger partial charge in [-0.25, -0.2) is 0 Å². The lowest BCUT2D eigenvalue weighted by Crippen LogP contribution is -2.39. The molecule has 0 radical (unpaired) electrons. The lowest BCUT2D eigenvalue weighted by Gasteiger charge is -2.34. The molecule has 1 fully saturated rings. The molecule has 6 heteroatoms. The molecule has 0 saturated carbocycles. The summed E-state index contributed by atoms with van der Waals surface area (Å²) in [5, 5.41) is 0. The maximum Gasteiger partial charge on any atom is 0.224 e. The molecule has 0 unspecified atom stereocenters. The molecule has 6 nitrogen and oxygen atoms in total. The molecule has 0 bridgehead atoms. The van der Waals surface area contributed by atoms with Gasteiger partial charge < -0.3 is 23.8 Å². The fraction of sp³-hybridized carbons (Fsp3) is 0.950. The standard InChI is InChI=1S/C20H39NO5/c1-17(2)19-5-8-21(9-6-19)20(22)7-10-23-11-12-24-13-14-25-15-16-26-18(3)4/h17-19H,5-16H2,1-4H3. The Hall–Kier alpha value is -0.690. The molecule has 0 aliphatic carbocycles. The number of carbonyl (C=O) groups is 1. The molecule has 0 aromatic heterocycles. The molecular formula is C20H39NO5. The van der Waals surface area contributed by atoms with Gasteiger partial charge in [0.15, 0.2) is 0 Å². The van der Waals surface area contributed by atoms with Crippen LogP contribution in [0.5, 0.6) is 0 Å². The van der Waals surface area contributed by atoms with E-state index in [1.54, 1.807) is 0 Å². The zero-order chi connectivity index (χ0) is 19.2. The Balaban J connectivity index is 1.86. The van der Waals surface area contributed by atoms with Gasteiger partial charge in [0.2, 0.25) is 5.91 Å². The van der Waals surface area contributed by atoms with E-state index in [4.69, 9.17) is 18.9 Å². The molecule has 1 rings (SSSR count). The molecule has 0 aromatic carbocycles. The van der Waals surface area contributed by atoms with E-state index in [9.17, 15) is 4.79 Å². The number of carbonyl (C=O) groups excluding carboxylic acids is 1. The second-order valence-corrected chi connectivity index (χ2v) is 7.47. The minimum atomic E-state index is 0.213. The minimum Gasteiger partial charge on any atom is -0.379 e. The van der Waals surface area contributed by atoms with Gasteiger partial charge >= 0.3 is 0 Å². The number of likely N-dealkylation sites (tertiary alicyclic amines) is 1. The molecule has 26 heavy (non-hydrogen) atoms. The third-order valence-corrected chi connectivity index (χ3v) is 4.72. The van der Waals surface area contributed by atoms with Gasteiger partial charge in [-0.05, 0) is 38.5 Å². The molecule has 1 aliphatic rings. The molecule has 0 atom stereocenters. The van der Waals surface area contributed by atoms with Crippen molar-refractivity contribution in [2.45, 2.75) is 53.1 Å². The highest BCUT2D eigenvalue weighted by Gasteiger charge is 2.24. The summed E-state index contributed by atoms with van der Waals surface area (Å²) in [5.74, 6) is 1.69. The van der Waals surface area contributed by atoms with E-state index in [2.05, 4.69) is 13.8 Å². The summed E-state index contributed by atoms with van der Waals surface area (Å²) < 4.78 is 21.7. The van der Waals surface area contributed by atoms with Gasteiger partial charge in [-0.3, -0.25) is 4.79 Å². The van der Waals surface area contributed by atoms with Crippen molar-refractivity contribution in [2.75, 3.05) is 59.3 Å². The fourth-order valence-corrected chi connectivity index (χ4v) is 3.02. The Morgan fingerprint density at radius 2 is 1.35 bits per heavy atom. The highest BCUT2D eigenvalue weighted by Crippen LogP contribution is 2.24. The first-order valence-corrected chi connectivity index (χ1v) is 10.1. The van der Waals surface area contributed by atoms with Crippen LogP contribution in [0.2, 0.25) is 0 Å². The van der Waals surface area contributed by atoms with Gasteiger partial charge in [-0.15, -0.1) is 0 Å². The monoisotopic (exact) mass is 373 g/mol. The number of nitrogens with zero attached hydrogens (tertiary/aromatic N) is 1. The SMILES string of the molecule is CC(C)OCCOCCOCCOCCC(=O)N1CCC(C(C)C)CC1. The van der Waals surface area contributed by atoms with Crippen LogP contribution in [0, 0.1) is 11.8 Å². The molecule has 1 amide bonds. The number of rotatable bonds is 14. The molecular weight excluding hydrogens is 334 g/mol. The quantitative estimate of drug-likeness (QED) is 0.438. The van der Waals surface area contributed by atoms with Gasteiger partial charge in [-0.1, -0.05) is 13.8 Å². The molecule has 0 spiro atoms. The van der Waals surface area contributed by atoms with E-state index in [1.165, 1.54) is 0 Å². The number of piperidine rings is 1. The maximum absolute atomic E-state index is 12.2. The van der Waals surface area contributed by atoms with E-state index in [0.29, 0.717) is 58.6 Å². The van der Waals surface area contributed by atoms with Crippen molar-refractivity contribution < 1.29 is 23.7 Å². The second kappa shape index (κ2) is 14.4. The first-order valence-electron chi connectivity index (χ1n) is 10.1. The van der Waals surface area contributed by atoms with Crippen molar-refractivity contribution >= 4 is 5.91 Å². The zero-order valence-corrected chi connectivity index (χ0v) is 17.2. The van der Waals surface area contributed by atoms with Crippen LogP contribution in [-0.4, -0.2) is 76.2 Å². The number of hydrogen-bond donors (Lipinski definition) is 0. The average molecular weight is 374 g/mol. The van der Waals surface area contributed by atoms with E-state index < -0.39 is 0 Å². The average Bonchev–Trinajstić information content (AvgIpc) is 2.62. The van der Waals surface area contributed by atoms with Crippen molar-refractivity contribution in [1.29, 1.82) is 0 Å². The predicted octanol–water partition coefficient (Wildman–Crippen LogP) is 2.75. The van der Waals surface area contributed by atoms with E-state index in [0.717, 1.165) is 31.8 Å². The van der Waals surface area contributed by atoms with Crippen LogP contribution in [-0.2, 0) is 23.7 Å². The minimum absolute atomic E-state index is 0.213. The van der Waals surface area contributed by atoms with Crippen molar-refractivity contribution in [2.24, 2.45) is 11.8 Å². The summed E-state index contributed by atoms with van der Waals surface area (Å²) >= 11 is 0. The molecule has 0 aromatic rings. The fourth-order valence-electron chi connectivity index (χ4n) is 3.02. The summed E-state index contributed by atoms with van der Waals surface area (Å²) in [7, 11) is 0. The Morgan fingerprint density at radius 3 is 1.85 bits per heavy atom. The summed E-state index contributed by atoms with van der Waals surface area (Å²) in [6, 6.07) is 0. The van der Waals surface area contributed by atoms with E-state index in [-0.39, 0.29) is 12.0 Å². The maximum atomic E-state index is 12.2. The highest BCUT2D eigenvalue weighted by atomic mass is 16.6. The number of ether oxygens (including phenoxy) is 4. The lowest BCUT2D eigenvalue weighted by molar-refractivity contribution is -0.134. The van der Waals surface area contributed by atoms with Crippen LogP contribution >= 0.6 is 0 Å². The second-order valence-electron chi connectivity index (χ2n) is 7.47. The van der Waals surface area contributed by atoms with Crippen LogP contribution in [0.25, 0.3) is 0 Å². The summed E-state index contributed by atoms with van der Waals surface area (Å²) in [6.45, 7) is 14.2. The third kappa shape index (κ3) is 11.1. The van der Waals surface area contributed by atoms with Gasteiger partial charge in [-0.2, -0.15) is 0 Å². The van der Waals surface area contributed by atoms with Crippen LogP contribution in [0.15, 0.2) is 0 Å². The largest absolute Gasteiger partial charge is 0.379 e. The van der Waals surface area contributed by atoms with Crippen molar-refractivity contribution in [1.82, 2.24) is 4.90 Å². The van der Waals surface area contributed by atoms with Gasteiger partial charge in [0.1, 0.15) is 0 Å². The normalized spacial score (nSPS) is 16.0. The summed E-state index contributed by atoms with van der Waals surface area (Å²) in [6.07, 6.45) is 2.96. The van der Waals surface area contributed by atoms with Crippen LogP contribution in [0.3, 0.4) is 0 Å². The van der Waals surface area contributed by atoms with Gasteiger partial charge in [0.25, 0.3) is 0 Å². The highest BCUT2D eigenvalue weighted by molar-refractivity contribution is 5.76. The topological polar surface area (TPSA) is 57.2 Å². The number of amides is 1. The summed E-state index contributed by atoms with van der Waals surface area (Å²) in [5.41, 5.74) is 0. The molecule has 1 saturated heterocycles. The van der Waals surface area contributed by atoms with E-state index in [1.807, 2.05) is 18.7 Å². The Kier molecular flexibility index (Phi) is 12.9. The number of hydrogen-bond acceptors (Lipinski definition) is 5. The Bertz CT molecular complexity index is 354. The Morgan fingerprint density at radius 1 is 0.846 bits per heavy atom. The Labute approximate surface area is 159 Å². The predicted molar refractivity (Wildman–Crippen MR) is 102 cm³/mol. The van der Waals surface area contributed by atoms with Crippen LogP contribution < -0.4 is 0 Å². The first-order chi connectivity index (χ1) is 12.5. The molecule has 1 heterocycles. The molecule has 1 aliphatic heterocycles.